The molecule has 0 N–H and O–H groups in total. The summed E-state index contributed by atoms with van der Waals surface area (Å²) in [5.41, 5.74) is 1.29. The monoisotopic (exact) mass is 174 g/mol. The van der Waals surface area contributed by atoms with Gasteiger partial charge in [-0.2, -0.15) is 0 Å². The fraction of sp³-hybridized carbons (Fsp3) is 0.333. The van der Waals surface area contributed by atoms with Gasteiger partial charge in [0.05, 0.1) is 0 Å². The molecule has 1 heteroatoms. The SMILES string of the molecule is C=CCC1=CC=CC2(CC=C)OC12. The van der Waals surface area contributed by atoms with Gasteiger partial charge >= 0.3 is 0 Å². The predicted octanol–water partition coefficient (Wildman–Crippen LogP) is 2.77. The van der Waals surface area contributed by atoms with E-state index in [0.29, 0.717) is 0 Å². The highest BCUT2D eigenvalue weighted by atomic mass is 16.6. The van der Waals surface area contributed by atoms with Crippen LogP contribution in [0.4, 0.5) is 0 Å². The van der Waals surface area contributed by atoms with Gasteiger partial charge in [-0.05, 0) is 18.1 Å². The Bertz CT molecular complexity index is 298. The van der Waals surface area contributed by atoms with Crippen LogP contribution in [0.1, 0.15) is 12.8 Å². The number of ether oxygens (including phenoxy) is 1. The zero-order valence-corrected chi connectivity index (χ0v) is 7.70. The van der Waals surface area contributed by atoms with E-state index in [1.54, 1.807) is 0 Å². The summed E-state index contributed by atoms with van der Waals surface area (Å²) in [5.74, 6) is 0. The van der Waals surface area contributed by atoms with Crippen LogP contribution in [-0.4, -0.2) is 11.7 Å². The van der Waals surface area contributed by atoms with Gasteiger partial charge in [0.1, 0.15) is 11.7 Å². The van der Waals surface area contributed by atoms with Crippen molar-refractivity contribution >= 4 is 0 Å². The van der Waals surface area contributed by atoms with Crippen molar-refractivity contribution in [2.24, 2.45) is 0 Å². The second-order valence-corrected chi connectivity index (χ2v) is 3.54. The zero-order chi connectivity index (χ0) is 9.31. The van der Waals surface area contributed by atoms with Crippen molar-refractivity contribution < 1.29 is 4.74 Å². The van der Waals surface area contributed by atoms with Crippen molar-refractivity contribution in [2.45, 2.75) is 24.5 Å². The third kappa shape index (κ3) is 1.29. The van der Waals surface area contributed by atoms with Crippen molar-refractivity contribution in [3.8, 4) is 0 Å². The van der Waals surface area contributed by atoms with E-state index in [-0.39, 0.29) is 11.7 Å². The molecule has 1 aliphatic heterocycles. The summed E-state index contributed by atoms with van der Waals surface area (Å²) in [7, 11) is 0. The molecule has 1 heterocycles. The maximum absolute atomic E-state index is 5.70. The van der Waals surface area contributed by atoms with Gasteiger partial charge in [0.25, 0.3) is 0 Å². The normalized spacial score (nSPS) is 34.8. The van der Waals surface area contributed by atoms with Crippen molar-refractivity contribution in [3.63, 3.8) is 0 Å². The van der Waals surface area contributed by atoms with Crippen molar-refractivity contribution in [1.29, 1.82) is 0 Å². The van der Waals surface area contributed by atoms with E-state index in [2.05, 4.69) is 31.4 Å². The molecule has 0 radical (unpaired) electrons. The quantitative estimate of drug-likeness (QED) is 0.471. The van der Waals surface area contributed by atoms with Crippen molar-refractivity contribution in [2.75, 3.05) is 0 Å². The van der Waals surface area contributed by atoms with Gasteiger partial charge in [-0.25, -0.2) is 0 Å². The molecule has 68 valence electrons. The van der Waals surface area contributed by atoms with Gasteiger partial charge in [0.15, 0.2) is 0 Å². The Kier molecular flexibility index (Phi) is 1.97. The fourth-order valence-corrected chi connectivity index (χ4v) is 1.91. The molecule has 0 aromatic rings. The van der Waals surface area contributed by atoms with Crippen LogP contribution in [0.25, 0.3) is 0 Å². The van der Waals surface area contributed by atoms with Crippen molar-refractivity contribution in [1.82, 2.24) is 0 Å². The Morgan fingerprint density at radius 2 is 2.31 bits per heavy atom. The Labute approximate surface area is 79.1 Å². The molecule has 0 aromatic carbocycles. The van der Waals surface area contributed by atoms with Crippen LogP contribution < -0.4 is 0 Å². The first-order valence-corrected chi connectivity index (χ1v) is 4.60. The highest BCUT2D eigenvalue weighted by Gasteiger charge is 2.55. The largest absolute Gasteiger partial charge is 0.357 e. The summed E-state index contributed by atoms with van der Waals surface area (Å²) in [6.07, 6.45) is 12.3. The summed E-state index contributed by atoms with van der Waals surface area (Å²) in [4.78, 5) is 0. The van der Waals surface area contributed by atoms with E-state index in [1.165, 1.54) is 5.57 Å². The van der Waals surface area contributed by atoms with Gasteiger partial charge in [0, 0.05) is 6.42 Å². The fourth-order valence-electron chi connectivity index (χ4n) is 1.91. The molecule has 0 aromatic heterocycles. The van der Waals surface area contributed by atoms with E-state index in [9.17, 15) is 0 Å². The van der Waals surface area contributed by atoms with E-state index in [0.717, 1.165) is 12.8 Å². The molecule has 13 heavy (non-hydrogen) atoms. The number of epoxide rings is 1. The second-order valence-electron chi connectivity index (χ2n) is 3.54. The van der Waals surface area contributed by atoms with Gasteiger partial charge in [-0.15, -0.1) is 13.2 Å². The molecule has 0 bridgehead atoms. The number of hydrogen-bond acceptors (Lipinski definition) is 1. The van der Waals surface area contributed by atoms with Crippen LogP contribution in [0.15, 0.2) is 49.1 Å². The maximum Gasteiger partial charge on any atom is 0.121 e. The lowest BCUT2D eigenvalue weighted by Crippen LogP contribution is -2.14. The highest BCUT2D eigenvalue weighted by Crippen LogP contribution is 2.48. The average Bonchev–Trinajstić information content (AvgIpc) is 2.81. The molecule has 0 spiro atoms. The highest BCUT2D eigenvalue weighted by molar-refractivity contribution is 5.39. The molecule has 1 saturated heterocycles. The molecule has 2 aliphatic rings. The number of rotatable bonds is 4. The number of hydrogen-bond donors (Lipinski definition) is 0. The summed E-state index contributed by atoms with van der Waals surface area (Å²) in [5, 5.41) is 0. The first-order valence-electron chi connectivity index (χ1n) is 4.60. The standard InChI is InChI=1S/C12H14O/c1-3-6-10-7-5-9-12(8-4-2)11(10)13-12/h3-5,7,9,11H,1-2,6,8H2. The third-order valence-corrected chi connectivity index (χ3v) is 2.59. The van der Waals surface area contributed by atoms with Crippen LogP contribution in [0.2, 0.25) is 0 Å². The van der Waals surface area contributed by atoms with Gasteiger partial charge < -0.3 is 4.74 Å². The minimum atomic E-state index is -0.0468. The Balaban J connectivity index is 2.12. The summed E-state index contributed by atoms with van der Waals surface area (Å²) in [6, 6.07) is 0. The minimum Gasteiger partial charge on any atom is -0.357 e. The lowest BCUT2D eigenvalue weighted by atomic mass is 9.90. The smallest absolute Gasteiger partial charge is 0.121 e. The van der Waals surface area contributed by atoms with Crippen LogP contribution in [0, 0.1) is 0 Å². The molecule has 2 unspecified atom stereocenters. The topological polar surface area (TPSA) is 12.5 Å². The first-order chi connectivity index (χ1) is 6.32. The van der Waals surface area contributed by atoms with E-state index in [4.69, 9.17) is 4.74 Å². The third-order valence-electron chi connectivity index (χ3n) is 2.59. The predicted molar refractivity (Wildman–Crippen MR) is 54.5 cm³/mol. The van der Waals surface area contributed by atoms with E-state index < -0.39 is 0 Å². The average molecular weight is 174 g/mol. The summed E-state index contributed by atoms with van der Waals surface area (Å²) < 4.78 is 5.70. The van der Waals surface area contributed by atoms with Crippen LogP contribution in [0.5, 0.6) is 0 Å². The molecule has 2 rings (SSSR count). The molecule has 0 amide bonds. The maximum atomic E-state index is 5.70. The Morgan fingerprint density at radius 1 is 1.46 bits per heavy atom. The minimum absolute atomic E-state index is 0.0468. The second kappa shape index (κ2) is 3.00. The molecular formula is C12H14O. The van der Waals surface area contributed by atoms with Crippen LogP contribution in [0.3, 0.4) is 0 Å². The van der Waals surface area contributed by atoms with Crippen LogP contribution >= 0.6 is 0 Å². The van der Waals surface area contributed by atoms with Gasteiger partial charge in [-0.3, -0.25) is 0 Å². The van der Waals surface area contributed by atoms with Gasteiger partial charge in [0.2, 0.25) is 0 Å². The zero-order valence-electron chi connectivity index (χ0n) is 7.70. The van der Waals surface area contributed by atoms with Crippen LogP contribution in [-0.2, 0) is 4.74 Å². The van der Waals surface area contributed by atoms with E-state index in [1.807, 2.05) is 12.2 Å². The Morgan fingerprint density at radius 3 is 3.00 bits per heavy atom. The number of fused-ring (bicyclic) bond motifs is 1. The first kappa shape index (κ1) is 8.52. The molecule has 1 fully saturated rings. The summed E-state index contributed by atoms with van der Waals surface area (Å²) in [6.45, 7) is 7.48. The van der Waals surface area contributed by atoms with Gasteiger partial charge in [-0.1, -0.05) is 24.3 Å². The molecule has 1 nitrogen and oxygen atoms in total. The molecule has 1 aliphatic carbocycles. The lowest BCUT2D eigenvalue weighted by molar-refractivity contribution is 0.340. The molecular weight excluding hydrogens is 160 g/mol. The molecule has 2 atom stereocenters. The summed E-state index contributed by atoms with van der Waals surface area (Å²) >= 11 is 0. The lowest BCUT2D eigenvalue weighted by Gasteiger charge is -2.09. The van der Waals surface area contributed by atoms with E-state index >= 15 is 0 Å². The Hall–Kier alpha value is -1.08. The van der Waals surface area contributed by atoms with Crippen molar-refractivity contribution in [3.05, 3.63) is 49.1 Å². The number of allylic oxidation sites excluding steroid dienone is 3. The molecule has 0 saturated carbocycles.